The van der Waals surface area contributed by atoms with Crippen molar-refractivity contribution in [3.63, 3.8) is 0 Å². The van der Waals surface area contributed by atoms with Crippen molar-refractivity contribution < 1.29 is 24.5 Å². The van der Waals surface area contributed by atoms with Gasteiger partial charge in [-0.3, -0.25) is 14.9 Å². The van der Waals surface area contributed by atoms with Crippen molar-refractivity contribution in [2.24, 2.45) is 5.92 Å². The number of aromatic hydroxyl groups is 1. The molecule has 292 valence electrons. The first kappa shape index (κ1) is 38.8. The molecule has 2 aliphatic rings. The van der Waals surface area contributed by atoms with Gasteiger partial charge in [-0.2, -0.15) is 0 Å². The van der Waals surface area contributed by atoms with Crippen LogP contribution < -0.4 is 21.5 Å². The second-order valence-corrected chi connectivity index (χ2v) is 15.1. The van der Waals surface area contributed by atoms with Gasteiger partial charge in [-0.25, -0.2) is 4.79 Å². The molecule has 0 bridgehead atoms. The van der Waals surface area contributed by atoms with E-state index in [2.05, 4.69) is 25.8 Å². The van der Waals surface area contributed by atoms with Gasteiger partial charge in [0.15, 0.2) is 0 Å². The van der Waals surface area contributed by atoms with Crippen molar-refractivity contribution >= 4 is 28.6 Å². The highest BCUT2D eigenvalue weighted by atomic mass is 16.6. The number of fused-ring (bicyclic) bond motifs is 1. The number of amides is 2. The summed E-state index contributed by atoms with van der Waals surface area (Å²) in [6.45, 7) is 3.57. The number of ether oxygens (including phenoxy) is 1. The van der Waals surface area contributed by atoms with Crippen LogP contribution in [0.15, 0.2) is 108 Å². The van der Waals surface area contributed by atoms with Gasteiger partial charge in [-0.15, -0.1) is 0 Å². The molecule has 5 aromatic rings. The number of pyridine rings is 1. The minimum absolute atomic E-state index is 0.0500. The van der Waals surface area contributed by atoms with Crippen LogP contribution in [0.25, 0.3) is 22.0 Å². The number of rotatable bonds is 13. The highest BCUT2D eigenvalue weighted by Crippen LogP contribution is 2.31. The summed E-state index contributed by atoms with van der Waals surface area (Å²) in [5, 5.41) is 31.1. The highest BCUT2D eigenvalue weighted by molar-refractivity contribution is 5.94. The number of hydrogen-bond donors (Lipinski definition) is 6. The van der Waals surface area contributed by atoms with E-state index in [-0.39, 0.29) is 35.9 Å². The Morgan fingerprint density at radius 2 is 1.62 bits per heavy atom. The fourth-order valence-corrected chi connectivity index (χ4v) is 8.07. The molecular weight excluding hydrogens is 707 g/mol. The van der Waals surface area contributed by atoms with Crippen LogP contribution in [0.2, 0.25) is 0 Å². The lowest BCUT2D eigenvalue weighted by molar-refractivity contribution is 0.0563. The topological polar surface area (TPSA) is 156 Å². The van der Waals surface area contributed by atoms with E-state index in [4.69, 9.17) is 4.74 Å². The quantitative estimate of drug-likeness (QED) is 0.0742. The van der Waals surface area contributed by atoms with Crippen molar-refractivity contribution in [2.45, 2.75) is 69.7 Å². The predicted molar refractivity (Wildman–Crippen MR) is 219 cm³/mol. The van der Waals surface area contributed by atoms with Gasteiger partial charge in [0.25, 0.3) is 5.91 Å². The van der Waals surface area contributed by atoms with Gasteiger partial charge in [-0.1, -0.05) is 66.7 Å². The molecule has 1 aromatic heterocycles. The van der Waals surface area contributed by atoms with Crippen LogP contribution in [0.4, 0.5) is 10.5 Å². The van der Waals surface area contributed by atoms with Crippen LogP contribution in [0.5, 0.6) is 5.75 Å². The van der Waals surface area contributed by atoms with Crippen molar-refractivity contribution in [1.82, 2.24) is 20.5 Å². The van der Waals surface area contributed by atoms with Crippen LogP contribution in [0, 0.1) is 5.92 Å². The summed E-state index contributed by atoms with van der Waals surface area (Å²) in [7, 11) is 0. The Hall–Kier alpha value is -5.49. The van der Waals surface area contributed by atoms with Crippen LogP contribution >= 0.6 is 0 Å². The molecule has 1 aliphatic carbocycles. The highest BCUT2D eigenvalue weighted by Gasteiger charge is 2.26. The fraction of sp³-hybridized carbons (Fsp3) is 0.356. The maximum atomic E-state index is 13.2. The molecule has 2 amide bonds. The van der Waals surface area contributed by atoms with E-state index >= 15 is 0 Å². The molecule has 2 heterocycles. The molecule has 0 spiro atoms. The summed E-state index contributed by atoms with van der Waals surface area (Å²) in [4.78, 5) is 42.9. The standard InChI is InChI=1S/C45H51N5O6/c51-40-19-17-37(38-18-20-42(53)49-43(38)40)41(52)29-46-28-31-7-6-10-33(27-31)44(54)47-34-15-13-30(14-16-34)21-24-50-25-22-35(23-26-50)56-45(55)48-39-12-5-4-11-36(39)32-8-2-1-3-9-32/h1-12,17-20,27,30,34-35,41,46,51-52H,13-16,21-26,28-29H2,(H,47,54)(H,48,55)(H,49,53)/t30?,34?,41-/m1/s1. The molecule has 1 saturated heterocycles. The number of nitrogens with zero attached hydrogens (tertiary/aromatic N) is 1. The number of phenolic OH excluding ortho intramolecular Hbond substituents is 1. The smallest absolute Gasteiger partial charge is 0.411 e. The zero-order valence-electron chi connectivity index (χ0n) is 31.6. The molecular formula is C45H51N5O6. The number of aliphatic hydroxyl groups is 1. The van der Waals surface area contributed by atoms with Crippen LogP contribution in [0.3, 0.4) is 0 Å². The maximum Gasteiger partial charge on any atom is 0.411 e. The summed E-state index contributed by atoms with van der Waals surface area (Å²) in [6.07, 6.45) is 5.53. The van der Waals surface area contributed by atoms with Crippen molar-refractivity contribution in [3.05, 3.63) is 130 Å². The van der Waals surface area contributed by atoms with Gasteiger partial charge in [0, 0.05) is 54.8 Å². The Morgan fingerprint density at radius 3 is 2.43 bits per heavy atom. The van der Waals surface area contributed by atoms with Gasteiger partial charge in [-0.05, 0) is 104 Å². The number of aromatic amines is 1. The van der Waals surface area contributed by atoms with Crippen LogP contribution in [0.1, 0.15) is 72.5 Å². The largest absolute Gasteiger partial charge is 0.506 e. The third kappa shape index (κ3) is 10.0. The Labute approximate surface area is 327 Å². The number of nitrogens with one attached hydrogen (secondary N) is 4. The number of piperidine rings is 1. The first-order valence-electron chi connectivity index (χ1n) is 19.8. The number of phenols is 1. The molecule has 4 aromatic carbocycles. The Morgan fingerprint density at radius 1 is 0.857 bits per heavy atom. The van der Waals surface area contributed by atoms with E-state index in [0.717, 1.165) is 87.0 Å². The second kappa shape index (κ2) is 18.4. The minimum atomic E-state index is -0.868. The lowest BCUT2D eigenvalue weighted by atomic mass is 9.84. The van der Waals surface area contributed by atoms with Gasteiger partial charge in [0.2, 0.25) is 5.56 Å². The average Bonchev–Trinajstić information content (AvgIpc) is 3.22. The number of likely N-dealkylation sites (tertiary alicyclic amines) is 1. The minimum Gasteiger partial charge on any atom is -0.506 e. The molecule has 11 nitrogen and oxygen atoms in total. The number of para-hydroxylation sites is 1. The molecule has 1 saturated carbocycles. The number of benzene rings is 4. The van der Waals surface area contributed by atoms with E-state index in [1.165, 1.54) is 12.1 Å². The third-order valence-corrected chi connectivity index (χ3v) is 11.2. The van der Waals surface area contributed by atoms with Gasteiger partial charge in [0.1, 0.15) is 11.9 Å². The lowest BCUT2D eigenvalue weighted by Gasteiger charge is -2.34. The number of carbonyl (C=O) groups is 2. The fourth-order valence-electron chi connectivity index (χ4n) is 8.07. The zero-order valence-corrected chi connectivity index (χ0v) is 31.6. The van der Waals surface area contributed by atoms with E-state index in [0.29, 0.717) is 34.5 Å². The van der Waals surface area contributed by atoms with Gasteiger partial charge < -0.3 is 35.5 Å². The van der Waals surface area contributed by atoms with Crippen molar-refractivity contribution in [3.8, 4) is 16.9 Å². The summed E-state index contributed by atoms with van der Waals surface area (Å²) in [5.74, 6) is 0.518. The Kier molecular flexibility index (Phi) is 12.8. The number of hydrogen-bond acceptors (Lipinski definition) is 8. The molecule has 0 unspecified atom stereocenters. The monoisotopic (exact) mass is 757 g/mol. The molecule has 56 heavy (non-hydrogen) atoms. The predicted octanol–water partition coefficient (Wildman–Crippen LogP) is 7.12. The SMILES string of the molecule is O=C(Nc1ccccc1-c1ccccc1)OC1CCN(CCC2CCC(NC(=O)c3cccc(CNC[C@@H](O)c4ccc(O)c5[nH]c(=O)ccc45)c3)CC2)CC1. The van der Waals surface area contributed by atoms with E-state index < -0.39 is 12.2 Å². The summed E-state index contributed by atoms with van der Waals surface area (Å²) < 4.78 is 5.83. The lowest BCUT2D eigenvalue weighted by Crippen LogP contribution is -2.40. The van der Waals surface area contributed by atoms with Crippen LogP contribution in [-0.2, 0) is 11.3 Å². The third-order valence-electron chi connectivity index (χ3n) is 11.2. The van der Waals surface area contributed by atoms with Crippen molar-refractivity contribution in [1.29, 1.82) is 0 Å². The number of H-pyrrole nitrogens is 1. The van der Waals surface area contributed by atoms with Gasteiger partial charge >= 0.3 is 6.09 Å². The maximum absolute atomic E-state index is 13.2. The number of aromatic nitrogens is 1. The molecule has 6 N–H and O–H groups in total. The number of carbonyl (C=O) groups excluding carboxylic acids is 2. The van der Waals surface area contributed by atoms with Crippen LogP contribution in [-0.4, -0.2) is 70.4 Å². The Bertz CT molecular complexity index is 2160. The van der Waals surface area contributed by atoms with Gasteiger partial charge in [0.05, 0.1) is 17.3 Å². The summed E-state index contributed by atoms with van der Waals surface area (Å²) in [6, 6.07) is 31.6. The number of anilines is 1. The first-order chi connectivity index (χ1) is 27.3. The van der Waals surface area contributed by atoms with Crippen molar-refractivity contribution in [2.75, 3.05) is 31.5 Å². The zero-order chi connectivity index (χ0) is 38.9. The molecule has 0 radical (unpaired) electrons. The van der Waals surface area contributed by atoms with E-state index in [9.17, 15) is 24.6 Å². The summed E-state index contributed by atoms with van der Waals surface area (Å²) >= 11 is 0. The molecule has 11 heteroatoms. The average molecular weight is 758 g/mol. The molecule has 2 fully saturated rings. The number of aliphatic hydroxyl groups excluding tert-OH is 1. The second-order valence-electron chi connectivity index (χ2n) is 15.1. The molecule has 7 rings (SSSR count). The van der Waals surface area contributed by atoms with E-state index in [1.54, 1.807) is 12.1 Å². The van der Waals surface area contributed by atoms with E-state index in [1.807, 2.05) is 78.9 Å². The Balaban J connectivity index is 0.788. The first-order valence-corrected chi connectivity index (χ1v) is 19.8. The molecule has 1 atom stereocenters. The summed E-state index contributed by atoms with van der Waals surface area (Å²) in [5.41, 5.74) is 4.86. The normalized spacial score (nSPS) is 18.3. The molecule has 1 aliphatic heterocycles.